The molecule has 3 aromatic carbocycles. The average Bonchev–Trinajstić information content (AvgIpc) is 2.83. The van der Waals surface area contributed by atoms with Gasteiger partial charge in [0.25, 0.3) is 0 Å². The van der Waals surface area contributed by atoms with Gasteiger partial charge in [-0.05, 0) is 79.9 Å². The molecule has 0 amide bonds. The number of hydrogen-bond acceptors (Lipinski definition) is 4. The summed E-state index contributed by atoms with van der Waals surface area (Å²) in [4.78, 5) is 0. The minimum Gasteiger partial charge on any atom is -0.497 e. The molecule has 3 aromatic rings. The second-order valence-corrected chi connectivity index (χ2v) is 7.67. The fraction of sp³-hybridized carbons (Fsp3) is 0.286. The Hall–Kier alpha value is -3.42. The molecule has 0 radical (unpaired) electrons. The van der Waals surface area contributed by atoms with Crippen LogP contribution in [0.3, 0.4) is 0 Å². The van der Waals surface area contributed by atoms with E-state index < -0.39 is 0 Å². The van der Waals surface area contributed by atoms with Gasteiger partial charge in [-0.15, -0.1) is 0 Å². The van der Waals surface area contributed by atoms with E-state index in [1.165, 1.54) is 11.1 Å². The summed E-state index contributed by atoms with van der Waals surface area (Å²) in [5.74, 6) is 9.06. The van der Waals surface area contributed by atoms with Crippen molar-refractivity contribution in [2.75, 3.05) is 27.9 Å². The molecular weight excluding hydrogens is 398 g/mol. The molecule has 4 nitrogen and oxygen atoms in total. The Labute approximate surface area is 191 Å². The van der Waals surface area contributed by atoms with Crippen LogP contribution in [0.25, 0.3) is 0 Å². The van der Waals surface area contributed by atoms with Gasteiger partial charge in [0.1, 0.15) is 17.2 Å². The van der Waals surface area contributed by atoms with E-state index in [0.717, 1.165) is 47.8 Å². The second-order valence-electron chi connectivity index (χ2n) is 7.67. The molecule has 4 heteroatoms. The second kappa shape index (κ2) is 11.8. The lowest BCUT2D eigenvalue weighted by atomic mass is 10.00. The Bertz CT molecular complexity index is 1040. The summed E-state index contributed by atoms with van der Waals surface area (Å²) in [6.07, 6.45) is 1.74. The molecule has 0 saturated carbocycles. The highest BCUT2D eigenvalue weighted by molar-refractivity contribution is 5.49. The van der Waals surface area contributed by atoms with Crippen LogP contribution >= 0.6 is 0 Å². The number of hydrogen-bond donors (Lipinski definition) is 1. The predicted molar refractivity (Wildman–Crippen MR) is 130 cm³/mol. The molecule has 0 aromatic heterocycles. The minimum absolute atomic E-state index is 0.284. The van der Waals surface area contributed by atoms with Crippen LogP contribution < -0.4 is 19.5 Å². The van der Waals surface area contributed by atoms with E-state index in [2.05, 4.69) is 30.1 Å². The van der Waals surface area contributed by atoms with Crippen molar-refractivity contribution in [3.8, 4) is 29.1 Å². The molecule has 1 N–H and O–H groups in total. The van der Waals surface area contributed by atoms with Gasteiger partial charge in [-0.2, -0.15) is 0 Å². The van der Waals surface area contributed by atoms with Crippen molar-refractivity contribution < 1.29 is 14.2 Å². The third kappa shape index (κ3) is 6.80. The largest absolute Gasteiger partial charge is 0.497 e. The Morgan fingerprint density at radius 1 is 0.781 bits per heavy atom. The summed E-state index contributed by atoms with van der Waals surface area (Å²) >= 11 is 0. The number of rotatable bonds is 9. The van der Waals surface area contributed by atoms with E-state index in [4.69, 9.17) is 14.2 Å². The van der Waals surface area contributed by atoms with E-state index in [0.29, 0.717) is 0 Å². The van der Waals surface area contributed by atoms with Gasteiger partial charge in [0.05, 0.1) is 21.3 Å². The lowest BCUT2D eigenvalue weighted by molar-refractivity contribution is 0.393. The quantitative estimate of drug-likeness (QED) is 0.493. The van der Waals surface area contributed by atoms with Crippen molar-refractivity contribution in [3.63, 3.8) is 0 Å². The molecule has 0 aliphatic heterocycles. The van der Waals surface area contributed by atoms with Crippen LogP contribution in [0.15, 0.2) is 66.7 Å². The highest BCUT2D eigenvalue weighted by Crippen LogP contribution is 2.23. The van der Waals surface area contributed by atoms with Crippen molar-refractivity contribution in [3.05, 3.63) is 89.0 Å². The number of benzene rings is 3. The van der Waals surface area contributed by atoms with Crippen molar-refractivity contribution in [1.82, 2.24) is 5.32 Å². The fourth-order valence-electron chi connectivity index (χ4n) is 3.52. The van der Waals surface area contributed by atoms with Gasteiger partial charge < -0.3 is 19.5 Å². The summed E-state index contributed by atoms with van der Waals surface area (Å²) < 4.78 is 16.2. The van der Waals surface area contributed by atoms with Gasteiger partial charge in [0.15, 0.2) is 0 Å². The predicted octanol–water partition coefficient (Wildman–Crippen LogP) is 4.88. The highest BCUT2D eigenvalue weighted by Gasteiger charge is 2.09. The molecule has 0 fully saturated rings. The van der Waals surface area contributed by atoms with Crippen molar-refractivity contribution in [2.45, 2.75) is 25.8 Å². The summed E-state index contributed by atoms with van der Waals surface area (Å²) in [5.41, 5.74) is 4.39. The Balaban J connectivity index is 1.65. The van der Waals surface area contributed by atoms with Crippen LogP contribution in [-0.2, 0) is 12.8 Å². The molecular formula is C28H31NO3. The van der Waals surface area contributed by atoms with E-state index in [1.807, 2.05) is 60.7 Å². The summed E-state index contributed by atoms with van der Waals surface area (Å²) in [7, 11) is 5.04. The average molecular weight is 430 g/mol. The van der Waals surface area contributed by atoms with E-state index in [-0.39, 0.29) is 6.04 Å². The Morgan fingerprint density at radius 3 is 2.12 bits per heavy atom. The molecule has 0 heterocycles. The molecule has 0 aliphatic rings. The Morgan fingerprint density at radius 2 is 1.47 bits per heavy atom. The van der Waals surface area contributed by atoms with E-state index in [9.17, 15) is 0 Å². The van der Waals surface area contributed by atoms with Gasteiger partial charge in [-0.1, -0.05) is 30.0 Å². The van der Waals surface area contributed by atoms with Crippen LogP contribution in [0.1, 0.15) is 29.2 Å². The maximum Gasteiger partial charge on any atom is 0.122 e. The van der Waals surface area contributed by atoms with Gasteiger partial charge >= 0.3 is 0 Å². The van der Waals surface area contributed by atoms with Gasteiger partial charge in [-0.25, -0.2) is 0 Å². The molecule has 3 rings (SSSR count). The van der Waals surface area contributed by atoms with Crippen LogP contribution in [-0.4, -0.2) is 33.9 Å². The summed E-state index contributed by atoms with van der Waals surface area (Å²) in [5, 5.41) is 3.62. The SMILES string of the molecule is COc1cc(CCNC(C)Cc2cc(OC)ccc2C#Cc2ccccc2)cc(OC)c1. The molecule has 32 heavy (non-hydrogen) atoms. The standard InChI is InChI=1S/C28H31NO3/c1-21(29-15-14-23-17-27(31-3)20-28(18-23)32-4)16-25-19-26(30-2)13-12-24(25)11-10-22-8-6-5-7-9-22/h5-9,12-13,17-21,29H,14-16H2,1-4H3. The van der Waals surface area contributed by atoms with E-state index >= 15 is 0 Å². The lowest BCUT2D eigenvalue weighted by Gasteiger charge is -2.16. The van der Waals surface area contributed by atoms with Gasteiger partial charge in [-0.3, -0.25) is 0 Å². The van der Waals surface area contributed by atoms with Crippen LogP contribution in [0.4, 0.5) is 0 Å². The number of nitrogens with one attached hydrogen (secondary N) is 1. The zero-order chi connectivity index (χ0) is 22.8. The van der Waals surface area contributed by atoms with Crippen LogP contribution in [0.2, 0.25) is 0 Å². The third-order valence-electron chi connectivity index (χ3n) is 5.27. The molecule has 0 spiro atoms. The first-order chi connectivity index (χ1) is 15.6. The first-order valence-electron chi connectivity index (χ1n) is 10.8. The van der Waals surface area contributed by atoms with E-state index in [1.54, 1.807) is 21.3 Å². The highest BCUT2D eigenvalue weighted by atomic mass is 16.5. The maximum absolute atomic E-state index is 5.44. The van der Waals surface area contributed by atoms with Crippen LogP contribution in [0.5, 0.6) is 17.2 Å². The van der Waals surface area contributed by atoms with Crippen molar-refractivity contribution >= 4 is 0 Å². The van der Waals surface area contributed by atoms with Gasteiger partial charge in [0.2, 0.25) is 0 Å². The Kier molecular flexibility index (Phi) is 8.60. The zero-order valence-corrected chi connectivity index (χ0v) is 19.3. The molecule has 0 saturated heterocycles. The fourth-order valence-corrected chi connectivity index (χ4v) is 3.52. The smallest absolute Gasteiger partial charge is 0.122 e. The number of ether oxygens (including phenoxy) is 3. The monoisotopic (exact) mass is 429 g/mol. The topological polar surface area (TPSA) is 39.7 Å². The summed E-state index contributed by atoms with van der Waals surface area (Å²) in [6.45, 7) is 3.05. The normalized spacial score (nSPS) is 11.2. The first-order valence-corrected chi connectivity index (χ1v) is 10.8. The molecule has 1 unspecified atom stereocenters. The van der Waals surface area contributed by atoms with Crippen LogP contribution in [0, 0.1) is 11.8 Å². The number of methoxy groups -OCH3 is 3. The first kappa shape index (κ1) is 23.2. The minimum atomic E-state index is 0.284. The zero-order valence-electron chi connectivity index (χ0n) is 19.3. The van der Waals surface area contributed by atoms with Gasteiger partial charge in [0, 0.05) is 23.2 Å². The maximum atomic E-state index is 5.44. The van der Waals surface area contributed by atoms with Crippen molar-refractivity contribution in [1.29, 1.82) is 0 Å². The lowest BCUT2D eigenvalue weighted by Crippen LogP contribution is -2.30. The molecule has 0 aliphatic carbocycles. The summed E-state index contributed by atoms with van der Waals surface area (Å²) in [6, 6.07) is 22.4. The van der Waals surface area contributed by atoms with Crippen molar-refractivity contribution in [2.24, 2.45) is 0 Å². The molecule has 1 atom stereocenters. The molecule has 0 bridgehead atoms. The molecule has 166 valence electrons. The third-order valence-corrected chi connectivity index (χ3v) is 5.27.